The van der Waals surface area contributed by atoms with Gasteiger partial charge in [-0.25, -0.2) is 0 Å². The number of ether oxygens (including phenoxy) is 1. The molecule has 0 saturated carbocycles. The van der Waals surface area contributed by atoms with Crippen molar-refractivity contribution >= 4 is 5.96 Å². The van der Waals surface area contributed by atoms with Crippen LogP contribution in [-0.4, -0.2) is 42.7 Å². The quantitative estimate of drug-likeness (QED) is 0.588. The third-order valence-electron chi connectivity index (χ3n) is 3.86. The average molecular weight is 239 g/mol. The molecule has 4 nitrogen and oxygen atoms in total. The highest BCUT2D eigenvalue weighted by Gasteiger charge is 2.29. The first kappa shape index (κ1) is 12.7. The van der Waals surface area contributed by atoms with Crippen molar-refractivity contribution in [2.45, 2.75) is 45.1 Å². The topological polar surface area (TPSA) is 50.8 Å². The number of piperidine rings is 1. The monoisotopic (exact) mass is 239 g/mol. The highest BCUT2D eigenvalue weighted by Crippen LogP contribution is 2.25. The fraction of sp³-hybridized carbons (Fsp3) is 0.923. The molecule has 0 aromatic carbocycles. The van der Waals surface area contributed by atoms with Gasteiger partial charge in [-0.1, -0.05) is 6.92 Å². The van der Waals surface area contributed by atoms with E-state index in [1.165, 1.54) is 12.8 Å². The Bertz CT molecular complexity index is 284. The summed E-state index contributed by atoms with van der Waals surface area (Å²) in [7, 11) is 0. The van der Waals surface area contributed by atoms with Gasteiger partial charge in [-0.05, 0) is 38.5 Å². The number of aliphatic imine (C=N–C) groups is 1. The lowest BCUT2D eigenvalue weighted by molar-refractivity contribution is 0.0282. The van der Waals surface area contributed by atoms with Crippen LogP contribution in [0, 0.1) is 5.92 Å². The van der Waals surface area contributed by atoms with Crippen LogP contribution >= 0.6 is 0 Å². The molecular formula is C13H25N3O. The van der Waals surface area contributed by atoms with Crippen LogP contribution in [0.5, 0.6) is 0 Å². The zero-order chi connectivity index (χ0) is 12.3. The van der Waals surface area contributed by atoms with E-state index < -0.39 is 0 Å². The van der Waals surface area contributed by atoms with Gasteiger partial charge in [0.15, 0.2) is 5.96 Å². The number of nitrogens with zero attached hydrogens (tertiary/aromatic N) is 2. The molecule has 0 radical (unpaired) electrons. The lowest BCUT2D eigenvalue weighted by Gasteiger charge is -2.32. The fourth-order valence-corrected chi connectivity index (χ4v) is 2.71. The molecule has 2 heterocycles. The molecule has 0 bridgehead atoms. The molecule has 2 fully saturated rings. The molecule has 0 aromatic rings. The Morgan fingerprint density at radius 1 is 1.53 bits per heavy atom. The molecule has 0 spiro atoms. The van der Waals surface area contributed by atoms with Crippen LogP contribution in [0.4, 0.5) is 0 Å². The molecule has 2 aliphatic rings. The summed E-state index contributed by atoms with van der Waals surface area (Å²) in [5, 5.41) is 0. The average Bonchev–Trinajstić information content (AvgIpc) is 2.74. The number of rotatable bonds is 2. The molecule has 2 rings (SSSR count). The third kappa shape index (κ3) is 3.35. The van der Waals surface area contributed by atoms with Gasteiger partial charge in [0, 0.05) is 19.7 Å². The first-order chi connectivity index (χ1) is 8.09. The van der Waals surface area contributed by atoms with E-state index in [0.717, 1.165) is 38.5 Å². The van der Waals surface area contributed by atoms with E-state index in [4.69, 9.17) is 10.5 Å². The van der Waals surface area contributed by atoms with Gasteiger partial charge < -0.3 is 15.4 Å². The Morgan fingerprint density at radius 2 is 2.35 bits per heavy atom. The molecule has 2 aliphatic heterocycles. The second-order valence-electron chi connectivity index (χ2n) is 5.77. The van der Waals surface area contributed by atoms with Crippen LogP contribution in [0.25, 0.3) is 0 Å². The molecule has 2 N–H and O–H groups in total. The lowest BCUT2D eigenvalue weighted by Crippen LogP contribution is -2.44. The van der Waals surface area contributed by atoms with Crippen molar-refractivity contribution in [2.75, 3.05) is 26.2 Å². The molecule has 17 heavy (non-hydrogen) atoms. The predicted octanol–water partition coefficient (Wildman–Crippen LogP) is 1.60. The fourth-order valence-electron chi connectivity index (χ4n) is 2.71. The van der Waals surface area contributed by atoms with Gasteiger partial charge in [0.1, 0.15) is 0 Å². The van der Waals surface area contributed by atoms with Gasteiger partial charge >= 0.3 is 0 Å². The number of likely N-dealkylation sites (tertiary alicyclic amines) is 1. The second kappa shape index (κ2) is 5.25. The van der Waals surface area contributed by atoms with Crippen LogP contribution in [0.3, 0.4) is 0 Å². The summed E-state index contributed by atoms with van der Waals surface area (Å²) in [6.07, 6.45) is 4.78. The van der Waals surface area contributed by atoms with E-state index in [1.54, 1.807) is 0 Å². The second-order valence-corrected chi connectivity index (χ2v) is 5.77. The van der Waals surface area contributed by atoms with Gasteiger partial charge in [-0.2, -0.15) is 0 Å². The van der Waals surface area contributed by atoms with Gasteiger partial charge in [0.05, 0.1) is 12.1 Å². The van der Waals surface area contributed by atoms with Crippen LogP contribution in [0.1, 0.15) is 39.5 Å². The maximum atomic E-state index is 6.07. The molecule has 2 saturated heterocycles. The summed E-state index contributed by atoms with van der Waals surface area (Å²) in [4.78, 5) is 6.75. The normalized spacial score (nSPS) is 35.3. The van der Waals surface area contributed by atoms with Crippen molar-refractivity contribution in [3.05, 3.63) is 0 Å². The largest absolute Gasteiger partial charge is 0.373 e. The molecular weight excluding hydrogens is 214 g/mol. The minimum Gasteiger partial charge on any atom is -0.373 e. The van der Waals surface area contributed by atoms with Gasteiger partial charge in [-0.3, -0.25) is 4.99 Å². The minimum absolute atomic E-state index is 0.0774. The van der Waals surface area contributed by atoms with Gasteiger partial charge in [0.25, 0.3) is 0 Å². The number of hydrogen-bond acceptors (Lipinski definition) is 2. The van der Waals surface area contributed by atoms with E-state index in [9.17, 15) is 0 Å². The summed E-state index contributed by atoms with van der Waals surface area (Å²) < 4.78 is 5.72. The summed E-state index contributed by atoms with van der Waals surface area (Å²) in [6, 6.07) is 0. The zero-order valence-electron chi connectivity index (χ0n) is 11.1. The van der Waals surface area contributed by atoms with Gasteiger partial charge in [-0.15, -0.1) is 0 Å². The Morgan fingerprint density at radius 3 is 3.00 bits per heavy atom. The SMILES string of the molecule is CC1CCCN(C(N)=NCC2(C)CCCO2)C1. The smallest absolute Gasteiger partial charge is 0.191 e. The molecule has 4 heteroatoms. The Balaban J connectivity index is 1.87. The Kier molecular flexibility index (Phi) is 3.92. The Hall–Kier alpha value is -0.770. The molecule has 2 unspecified atom stereocenters. The van der Waals surface area contributed by atoms with Gasteiger partial charge in [0.2, 0.25) is 0 Å². The maximum absolute atomic E-state index is 6.07. The molecule has 98 valence electrons. The van der Waals surface area contributed by atoms with Crippen LogP contribution in [0.2, 0.25) is 0 Å². The molecule has 2 atom stereocenters. The first-order valence-corrected chi connectivity index (χ1v) is 6.78. The number of hydrogen-bond donors (Lipinski definition) is 1. The summed E-state index contributed by atoms with van der Waals surface area (Å²) >= 11 is 0. The first-order valence-electron chi connectivity index (χ1n) is 6.78. The van der Waals surface area contributed by atoms with Crippen molar-refractivity contribution < 1.29 is 4.74 Å². The predicted molar refractivity (Wildman–Crippen MR) is 70.1 cm³/mol. The zero-order valence-corrected chi connectivity index (χ0v) is 11.1. The molecule has 0 amide bonds. The maximum Gasteiger partial charge on any atom is 0.191 e. The standard InChI is InChI=1S/C13H25N3O/c1-11-5-3-7-16(9-11)12(14)15-10-13(2)6-4-8-17-13/h11H,3-10H2,1-2H3,(H2,14,15). The van der Waals surface area contributed by atoms with E-state index in [0.29, 0.717) is 12.5 Å². The van der Waals surface area contributed by atoms with Crippen molar-refractivity contribution in [3.8, 4) is 0 Å². The van der Waals surface area contributed by atoms with E-state index in [1.807, 2.05) is 0 Å². The number of nitrogens with two attached hydrogens (primary N) is 1. The van der Waals surface area contributed by atoms with E-state index in [2.05, 4.69) is 23.7 Å². The highest BCUT2D eigenvalue weighted by molar-refractivity contribution is 5.78. The summed E-state index contributed by atoms with van der Waals surface area (Å²) in [5.74, 6) is 1.43. The lowest BCUT2D eigenvalue weighted by atomic mass is 10.0. The van der Waals surface area contributed by atoms with Crippen molar-refractivity contribution in [1.29, 1.82) is 0 Å². The molecule has 0 aromatic heterocycles. The van der Waals surface area contributed by atoms with E-state index in [-0.39, 0.29) is 5.60 Å². The van der Waals surface area contributed by atoms with Crippen molar-refractivity contribution in [3.63, 3.8) is 0 Å². The van der Waals surface area contributed by atoms with E-state index >= 15 is 0 Å². The van der Waals surface area contributed by atoms with Crippen molar-refractivity contribution in [1.82, 2.24) is 4.90 Å². The minimum atomic E-state index is -0.0774. The van der Waals surface area contributed by atoms with Crippen LogP contribution in [0.15, 0.2) is 4.99 Å². The number of guanidine groups is 1. The third-order valence-corrected chi connectivity index (χ3v) is 3.86. The Labute approximate surface area is 104 Å². The summed E-state index contributed by atoms with van der Waals surface area (Å²) in [6.45, 7) is 8.08. The summed E-state index contributed by atoms with van der Waals surface area (Å²) in [5.41, 5.74) is 5.99. The highest BCUT2D eigenvalue weighted by atomic mass is 16.5. The van der Waals surface area contributed by atoms with Crippen LogP contribution < -0.4 is 5.73 Å². The van der Waals surface area contributed by atoms with Crippen molar-refractivity contribution in [2.24, 2.45) is 16.6 Å². The van der Waals surface area contributed by atoms with Crippen LogP contribution in [-0.2, 0) is 4.74 Å². The molecule has 0 aliphatic carbocycles.